The fraction of sp³-hybridized carbons (Fsp3) is 0.400. The van der Waals surface area contributed by atoms with E-state index in [-0.39, 0.29) is 0 Å². The van der Waals surface area contributed by atoms with Crippen molar-refractivity contribution >= 4 is 27.9 Å². The van der Waals surface area contributed by atoms with Gasteiger partial charge in [0.2, 0.25) is 0 Å². The van der Waals surface area contributed by atoms with Crippen molar-refractivity contribution in [2.45, 2.75) is 19.9 Å². The molecule has 0 bridgehead atoms. The number of hydrogen-bond acceptors (Lipinski definition) is 0. The predicted molar refractivity (Wildman–Crippen MR) is 60.4 cm³/mol. The van der Waals surface area contributed by atoms with Gasteiger partial charge in [0.25, 0.3) is 0 Å². The normalized spacial score (nSPS) is 11.1. The lowest BCUT2D eigenvalue weighted by atomic mass is 10.3. The van der Waals surface area contributed by atoms with E-state index in [2.05, 4.69) is 59.5 Å². The standard InChI is InChI=1S/C10H14BrSi/c1-9(2)8-12(11)10-6-4-3-5-7-10/h3-7,9H,8H2,1-2H3. The van der Waals surface area contributed by atoms with Crippen LogP contribution >= 0.6 is 15.3 Å². The molecule has 12 heavy (non-hydrogen) atoms. The van der Waals surface area contributed by atoms with Gasteiger partial charge in [-0.05, 0) is 17.1 Å². The average molecular weight is 242 g/mol. The second-order valence-corrected chi connectivity index (χ2v) is 8.04. The van der Waals surface area contributed by atoms with Crippen molar-refractivity contribution < 1.29 is 0 Å². The first-order valence-electron chi connectivity index (χ1n) is 4.27. The van der Waals surface area contributed by atoms with Crippen LogP contribution < -0.4 is 5.19 Å². The SMILES string of the molecule is CC(C)C[Si](Br)c1ccccc1. The minimum absolute atomic E-state index is 0.454. The molecule has 1 aromatic carbocycles. The Morgan fingerprint density at radius 3 is 2.33 bits per heavy atom. The molecule has 1 radical (unpaired) electrons. The zero-order chi connectivity index (χ0) is 8.97. The molecule has 0 nitrogen and oxygen atoms in total. The summed E-state index contributed by atoms with van der Waals surface area (Å²) in [6.07, 6.45) is 0. The van der Waals surface area contributed by atoms with E-state index in [1.165, 1.54) is 11.2 Å². The molecule has 1 aromatic rings. The molecule has 0 unspecified atom stereocenters. The largest absolute Gasteiger partial charge is 0.169 e. The quantitative estimate of drug-likeness (QED) is 0.564. The highest BCUT2D eigenvalue weighted by Crippen LogP contribution is 2.10. The Hall–Kier alpha value is -0.0831. The molecule has 0 heterocycles. The van der Waals surface area contributed by atoms with Crippen LogP contribution in [0.25, 0.3) is 0 Å². The van der Waals surface area contributed by atoms with Gasteiger partial charge in [-0.3, -0.25) is 0 Å². The average Bonchev–Trinajstić information content (AvgIpc) is 2.05. The number of hydrogen-bond donors (Lipinski definition) is 0. The first-order valence-corrected chi connectivity index (χ1v) is 8.23. The first-order chi connectivity index (χ1) is 5.70. The molecule has 0 aliphatic heterocycles. The molecular formula is C10H14BrSi. The summed E-state index contributed by atoms with van der Waals surface area (Å²) in [5.74, 6) is 0.790. The van der Waals surface area contributed by atoms with Crippen molar-refractivity contribution in [3.8, 4) is 0 Å². The molecule has 0 spiro atoms. The van der Waals surface area contributed by atoms with Crippen LogP contribution in [0.1, 0.15) is 13.8 Å². The molecule has 1 rings (SSSR count). The molecule has 2 heteroatoms. The molecule has 0 fully saturated rings. The molecule has 0 atom stereocenters. The fourth-order valence-corrected chi connectivity index (χ4v) is 5.34. The van der Waals surface area contributed by atoms with Crippen molar-refractivity contribution in [2.24, 2.45) is 5.92 Å². The Bertz CT molecular complexity index is 221. The van der Waals surface area contributed by atoms with E-state index in [1.54, 1.807) is 0 Å². The summed E-state index contributed by atoms with van der Waals surface area (Å²) in [4.78, 5) is 0. The van der Waals surface area contributed by atoms with Gasteiger partial charge in [0.1, 0.15) is 0 Å². The summed E-state index contributed by atoms with van der Waals surface area (Å²) in [7, 11) is -0.454. The summed E-state index contributed by atoms with van der Waals surface area (Å²) in [5, 5.41) is 1.48. The number of halogens is 1. The monoisotopic (exact) mass is 241 g/mol. The Kier molecular flexibility index (Phi) is 4.02. The summed E-state index contributed by atoms with van der Waals surface area (Å²) >= 11 is 3.79. The van der Waals surface area contributed by atoms with E-state index in [4.69, 9.17) is 0 Å². The van der Waals surface area contributed by atoms with Crippen LogP contribution in [0.4, 0.5) is 0 Å². The summed E-state index contributed by atoms with van der Waals surface area (Å²) < 4.78 is 0. The lowest BCUT2D eigenvalue weighted by Crippen LogP contribution is -2.24. The Morgan fingerprint density at radius 1 is 1.25 bits per heavy atom. The van der Waals surface area contributed by atoms with E-state index < -0.39 is 7.42 Å². The summed E-state index contributed by atoms with van der Waals surface area (Å²) in [6.45, 7) is 4.55. The molecule has 65 valence electrons. The van der Waals surface area contributed by atoms with Gasteiger partial charge in [0.15, 0.2) is 7.42 Å². The minimum Gasteiger partial charge on any atom is -0.122 e. The van der Waals surface area contributed by atoms with Crippen molar-refractivity contribution in [2.75, 3.05) is 0 Å². The Morgan fingerprint density at radius 2 is 1.83 bits per heavy atom. The van der Waals surface area contributed by atoms with Gasteiger partial charge in [0, 0.05) is 0 Å². The van der Waals surface area contributed by atoms with Crippen molar-refractivity contribution in [3.05, 3.63) is 30.3 Å². The molecule has 0 aromatic heterocycles. The van der Waals surface area contributed by atoms with Crippen LogP contribution in [-0.4, -0.2) is 7.42 Å². The maximum atomic E-state index is 3.79. The van der Waals surface area contributed by atoms with Gasteiger partial charge >= 0.3 is 0 Å². The highest BCUT2D eigenvalue weighted by Gasteiger charge is 2.11. The highest BCUT2D eigenvalue weighted by molar-refractivity contribution is 9.25. The van der Waals surface area contributed by atoms with E-state index in [0.29, 0.717) is 0 Å². The van der Waals surface area contributed by atoms with Crippen LogP contribution in [-0.2, 0) is 0 Å². The van der Waals surface area contributed by atoms with Crippen molar-refractivity contribution in [3.63, 3.8) is 0 Å². The highest BCUT2D eigenvalue weighted by atomic mass is 79.9. The van der Waals surface area contributed by atoms with Gasteiger partial charge in [0.05, 0.1) is 0 Å². The van der Waals surface area contributed by atoms with Crippen molar-refractivity contribution in [1.82, 2.24) is 0 Å². The second kappa shape index (κ2) is 4.82. The lowest BCUT2D eigenvalue weighted by Gasteiger charge is -2.09. The third-order valence-corrected chi connectivity index (χ3v) is 6.15. The lowest BCUT2D eigenvalue weighted by molar-refractivity contribution is 0.732. The zero-order valence-electron chi connectivity index (χ0n) is 7.55. The number of rotatable bonds is 3. The Balaban J connectivity index is 2.59. The van der Waals surface area contributed by atoms with E-state index in [1.807, 2.05) is 0 Å². The summed E-state index contributed by atoms with van der Waals surface area (Å²) in [5.41, 5.74) is 0. The third-order valence-electron chi connectivity index (χ3n) is 1.67. The molecule has 0 amide bonds. The maximum absolute atomic E-state index is 3.79. The van der Waals surface area contributed by atoms with Crippen molar-refractivity contribution in [1.29, 1.82) is 0 Å². The van der Waals surface area contributed by atoms with Gasteiger partial charge in [-0.15, -0.1) is 15.3 Å². The number of benzene rings is 1. The molecule has 0 aliphatic rings. The third kappa shape index (κ3) is 3.11. The van der Waals surface area contributed by atoms with E-state index in [0.717, 1.165) is 5.92 Å². The topological polar surface area (TPSA) is 0 Å². The van der Waals surface area contributed by atoms with Crippen LogP contribution in [0.2, 0.25) is 6.04 Å². The van der Waals surface area contributed by atoms with Gasteiger partial charge in [-0.2, -0.15) is 0 Å². The smallest absolute Gasteiger partial charge is 0.122 e. The molecule has 0 saturated heterocycles. The van der Waals surface area contributed by atoms with E-state index >= 15 is 0 Å². The maximum Gasteiger partial charge on any atom is 0.169 e. The zero-order valence-corrected chi connectivity index (χ0v) is 10.1. The molecule has 0 N–H and O–H groups in total. The van der Waals surface area contributed by atoms with E-state index in [9.17, 15) is 0 Å². The van der Waals surface area contributed by atoms with Crippen LogP contribution in [0.15, 0.2) is 30.3 Å². The molecule has 0 saturated carbocycles. The van der Waals surface area contributed by atoms with Gasteiger partial charge in [-0.1, -0.05) is 44.2 Å². The Labute approximate surface area is 84.2 Å². The fourth-order valence-electron chi connectivity index (χ4n) is 1.10. The predicted octanol–water partition coefficient (Wildman–Crippen LogP) is 2.94. The van der Waals surface area contributed by atoms with Gasteiger partial charge in [-0.25, -0.2) is 0 Å². The second-order valence-electron chi connectivity index (χ2n) is 3.37. The van der Waals surface area contributed by atoms with Gasteiger partial charge < -0.3 is 0 Å². The summed E-state index contributed by atoms with van der Waals surface area (Å²) in [6, 6.07) is 12.0. The van der Waals surface area contributed by atoms with Crippen LogP contribution in [0.3, 0.4) is 0 Å². The van der Waals surface area contributed by atoms with Crippen LogP contribution in [0.5, 0.6) is 0 Å². The molecular weight excluding hydrogens is 228 g/mol. The van der Waals surface area contributed by atoms with Crippen LogP contribution in [0, 0.1) is 5.92 Å². The first kappa shape index (κ1) is 10.0. The molecule has 0 aliphatic carbocycles. The minimum atomic E-state index is -0.454.